The summed E-state index contributed by atoms with van der Waals surface area (Å²) in [5.41, 5.74) is -1.62. The molecule has 0 radical (unpaired) electrons. The lowest BCUT2D eigenvalue weighted by Gasteiger charge is -2.24. The van der Waals surface area contributed by atoms with Crippen LogP contribution < -0.4 is 17.1 Å². The lowest BCUT2D eigenvalue weighted by atomic mass is 10.3. The molecule has 0 spiro atoms. The van der Waals surface area contributed by atoms with Gasteiger partial charge in [-0.25, -0.2) is 28.1 Å². The maximum Gasteiger partial charge on any atom is 0.500 e. The highest BCUT2D eigenvalue weighted by molar-refractivity contribution is 6.60. The summed E-state index contributed by atoms with van der Waals surface area (Å²) in [6.07, 6.45) is 3.58. The Morgan fingerprint density at radius 1 is 0.667 bits per heavy atom. The molecule has 0 aliphatic carbocycles. The number of hydrogen-bond donors (Lipinski definition) is 0. The minimum atomic E-state index is -2.78. The minimum Gasteiger partial charge on any atom is -0.377 e. The topological polar surface area (TPSA) is 93.7 Å². The number of aromatic nitrogens is 3. The Labute approximate surface area is 160 Å². The van der Waals surface area contributed by atoms with Crippen LogP contribution in [0.2, 0.25) is 6.04 Å². The molecular weight excluding hydrogens is 370 g/mol. The van der Waals surface area contributed by atoms with Gasteiger partial charge in [0.1, 0.15) is 0 Å². The van der Waals surface area contributed by atoms with Gasteiger partial charge in [0.2, 0.25) is 0 Å². The summed E-state index contributed by atoms with van der Waals surface area (Å²) in [6, 6.07) is 0.464. The van der Waals surface area contributed by atoms with Crippen molar-refractivity contribution in [2.24, 2.45) is 0 Å². The SMILES string of the molecule is CCCCn1c(=O)n(CCCC)c(=O)n(CCC[Si](OC)(OC)OC)c1=O. The normalized spacial score (nSPS) is 11.9. The maximum absolute atomic E-state index is 12.7. The van der Waals surface area contributed by atoms with Crippen LogP contribution in [0.4, 0.5) is 0 Å². The van der Waals surface area contributed by atoms with Crippen molar-refractivity contribution >= 4 is 8.80 Å². The fourth-order valence-electron chi connectivity index (χ4n) is 2.90. The number of nitrogens with zero attached hydrogens (tertiary/aromatic N) is 3. The molecule has 0 N–H and O–H groups in total. The van der Waals surface area contributed by atoms with Gasteiger partial charge in [0.05, 0.1) is 0 Å². The van der Waals surface area contributed by atoms with Gasteiger partial charge >= 0.3 is 25.9 Å². The molecular formula is C17H33N3O6Si. The summed E-state index contributed by atoms with van der Waals surface area (Å²) in [6.45, 7) is 4.78. The van der Waals surface area contributed by atoms with Crippen molar-refractivity contribution in [3.8, 4) is 0 Å². The quantitative estimate of drug-likeness (QED) is 0.457. The number of hydrogen-bond acceptors (Lipinski definition) is 6. The summed E-state index contributed by atoms with van der Waals surface area (Å²) in [4.78, 5) is 38.1. The summed E-state index contributed by atoms with van der Waals surface area (Å²) in [5.74, 6) is 0. The molecule has 0 atom stereocenters. The highest BCUT2D eigenvalue weighted by Crippen LogP contribution is 2.15. The summed E-state index contributed by atoms with van der Waals surface area (Å²) in [7, 11) is 1.79. The first kappa shape index (κ1) is 23.5. The molecule has 0 unspecified atom stereocenters. The molecule has 0 saturated carbocycles. The minimum absolute atomic E-state index is 0.182. The summed E-state index contributed by atoms with van der Waals surface area (Å²) >= 11 is 0. The first-order valence-corrected chi connectivity index (χ1v) is 11.4. The van der Waals surface area contributed by atoms with E-state index in [2.05, 4.69) is 0 Å². The Morgan fingerprint density at radius 3 is 1.30 bits per heavy atom. The summed E-state index contributed by atoms with van der Waals surface area (Å²) in [5, 5.41) is 0. The van der Waals surface area contributed by atoms with Crippen molar-refractivity contribution in [3.05, 3.63) is 31.5 Å². The van der Waals surface area contributed by atoms with E-state index in [-0.39, 0.29) is 6.54 Å². The van der Waals surface area contributed by atoms with Gasteiger partial charge in [-0.1, -0.05) is 26.7 Å². The molecule has 0 aliphatic heterocycles. The molecule has 0 fully saturated rings. The Morgan fingerprint density at radius 2 is 1.00 bits per heavy atom. The van der Waals surface area contributed by atoms with Crippen LogP contribution in [-0.4, -0.2) is 43.8 Å². The monoisotopic (exact) mass is 403 g/mol. The molecule has 1 rings (SSSR count). The standard InChI is InChI=1S/C17H33N3O6Si/c1-6-8-11-18-15(21)19(12-9-7-2)17(23)20(16(18)22)13-10-14-27(24-3,25-4)26-5/h6-14H2,1-5H3. The Bertz CT molecular complexity index is 696. The van der Waals surface area contributed by atoms with Crippen molar-refractivity contribution in [1.82, 2.24) is 13.7 Å². The largest absolute Gasteiger partial charge is 0.500 e. The molecule has 1 heterocycles. The number of rotatable bonds is 13. The van der Waals surface area contributed by atoms with Gasteiger partial charge in [-0.2, -0.15) is 0 Å². The molecule has 27 heavy (non-hydrogen) atoms. The van der Waals surface area contributed by atoms with E-state index in [1.807, 2.05) is 13.8 Å². The van der Waals surface area contributed by atoms with Crippen molar-refractivity contribution in [1.29, 1.82) is 0 Å². The molecule has 1 aromatic rings. The van der Waals surface area contributed by atoms with Gasteiger partial charge < -0.3 is 13.3 Å². The van der Waals surface area contributed by atoms with Crippen LogP contribution in [0.1, 0.15) is 46.0 Å². The van der Waals surface area contributed by atoms with E-state index in [1.54, 1.807) is 0 Å². The zero-order valence-electron chi connectivity index (χ0n) is 17.2. The van der Waals surface area contributed by atoms with Crippen molar-refractivity contribution in [2.75, 3.05) is 21.3 Å². The van der Waals surface area contributed by atoms with Gasteiger partial charge in [0.25, 0.3) is 0 Å². The van der Waals surface area contributed by atoms with E-state index in [9.17, 15) is 14.4 Å². The fourth-order valence-corrected chi connectivity index (χ4v) is 4.60. The molecule has 0 aliphatic rings. The molecule has 10 heteroatoms. The lowest BCUT2D eigenvalue weighted by molar-refractivity contribution is 0.122. The molecule has 9 nitrogen and oxygen atoms in total. The first-order chi connectivity index (χ1) is 12.9. The van der Waals surface area contributed by atoms with Crippen molar-refractivity contribution in [2.45, 2.75) is 71.6 Å². The van der Waals surface area contributed by atoms with Crippen LogP contribution in [0.3, 0.4) is 0 Å². The van der Waals surface area contributed by atoms with Crippen molar-refractivity contribution in [3.63, 3.8) is 0 Å². The molecule has 0 saturated heterocycles. The van der Waals surface area contributed by atoms with Gasteiger partial charge in [-0.15, -0.1) is 0 Å². The third-order valence-electron chi connectivity index (χ3n) is 4.65. The fraction of sp³-hybridized carbons (Fsp3) is 0.824. The predicted molar refractivity (Wildman–Crippen MR) is 105 cm³/mol. The Hall–Kier alpha value is -1.49. The molecule has 1 aromatic heterocycles. The second-order valence-electron chi connectivity index (χ2n) is 6.41. The van der Waals surface area contributed by atoms with Crippen LogP contribution in [0.5, 0.6) is 0 Å². The Balaban J connectivity index is 3.22. The van der Waals surface area contributed by atoms with Gasteiger partial charge in [-0.05, 0) is 19.3 Å². The first-order valence-electron chi connectivity index (χ1n) is 9.51. The highest BCUT2D eigenvalue weighted by Gasteiger charge is 2.37. The Kier molecular flexibility index (Phi) is 9.92. The van der Waals surface area contributed by atoms with E-state index in [0.29, 0.717) is 38.4 Å². The van der Waals surface area contributed by atoms with E-state index in [0.717, 1.165) is 17.4 Å². The second-order valence-corrected chi connectivity index (χ2v) is 9.50. The van der Waals surface area contributed by atoms with Crippen LogP contribution in [0.25, 0.3) is 0 Å². The maximum atomic E-state index is 12.7. The van der Waals surface area contributed by atoms with Crippen LogP contribution in [0, 0.1) is 0 Å². The van der Waals surface area contributed by atoms with Gasteiger partial charge in [-0.3, -0.25) is 0 Å². The van der Waals surface area contributed by atoms with Gasteiger partial charge in [0.15, 0.2) is 0 Å². The third kappa shape index (κ3) is 5.74. The van der Waals surface area contributed by atoms with E-state index in [4.69, 9.17) is 13.3 Å². The van der Waals surface area contributed by atoms with E-state index in [1.165, 1.54) is 30.5 Å². The zero-order valence-corrected chi connectivity index (χ0v) is 18.2. The second kappa shape index (κ2) is 11.4. The lowest BCUT2D eigenvalue weighted by Crippen LogP contribution is -2.54. The molecule has 0 bridgehead atoms. The van der Waals surface area contributed by atoms with Crippen LogP contribution in [0.15, 0.2) is 14.4 Å². The average molecular weight is 404 g/mol. The molecule has 156 valence electrons. The van der Waals surface area contributed by atoms with Crippen LogP contribution in [-0.2, 0) is 32.9 Å². The van der Waals surface area contributed by atoms with Crippen LogP contribution >= 0.6 is 0 Å². The smallest absolute Gasteiger partial charge is 0.377 e. The van der Waals surface area contributed by atoms with E-state index < -0.39 is 25.9 Å². The third-order valence-corrected chi connectivity index (χ3v) is 7.49. The van der Waals surface area contributed by atoms with Crippen molar-refractivity contribution < 1.29 is 13.3 Å². The van der Waals surface area contributed by atoms with Gasteiger partial charge in [0, 0.05) is 47.0 Å². The van der Waals surface area contributed by atoms with E-state index >= 15 is 0 Å². The predicted octanol–water partition coefficient (Wildman–Crippen LogP) is 1.04. The highest BCUT2D eigenvalue weighted by atomic mass is 28.4. The summed E-state index contributed by atoms with van der Waals surface area (Å²) < 4.78 is 19.6. The molecule has 0 amide bonds. The molecule has 0 aromatic carbocycles. The number of unbranched alkanes of at least 4 members (excludes halogenated alkanes) is 2. The average Bonchev–Trinajstić information content (AvgIpc) is 2.68. The zero-order chi connectivity index (χ0) is 20.4.